The highest BCUT2D eigenvalue weighted by Gasteiger charge is 2.54. The van der Waals surface area contributed by atoms with Crippen molar-refractivity contribution in [1.29, 1.82) is 0 Å². The first kappa shape index (κ1) is 15.0. The molecule has 6 nitrogen and oxygen atoms in total. The Morgan fingerprint density at radius 2 is 2.05 bits per heavy atom. The van der Waals surface area contributed by atoms with Crippen molar-refractivity contribution in [2.45, 2.75) is 31.2 Å². The number of rotatable bonds is 3. The van der Waals surface area contributed by atoms with Crippen molar-refractivity contribution in [2.75, 3.05) is 13.1 Å². The van der Waals surface area contributed by atoms with Crippen LogP contribution in [0.1, 0.15) is 18.7 Å². The zero-order valence-electron chi connectivity index (χ0n) is 11.5. The normalized spacial score (nSPS) is 19.5. The lowest BCUT2D eigenvalue weighted by atomic mass is 9.91. The molecule has 1 saturated heterocycles. The standard InChI is InChI=1S/C13H14F3N3O3/c14-13(15,16)12(20)2-4-19(5-3-12)7-10-17-11(18-22-10)9-1-6-21-8-9/h1,6,8,20H,2-5,7H2. The Bertz CT molecular complexity index is 616. The molecular formula is C13H14F3N3O3. The van der Waals surface area contributed by atoms with Gasteiger partial charge in [-0.05, 0) is 18.9 Å². The van der Waals surface area contributed by atoms with Crippen LogP contribution >= 0.6 is 0 Å². The Kier molecular flexibility index (Phi) is 3.69. The number of furan rings is 1. The zero-order chi connectivity index (χ0) is 15.8. The van der Waals surface area contributed by atoms with Gasteiger partial charge in [-0.25, -0.2) is 0 Å². The summed E-state index contributed by atoms with van der Waals surface area (Å²) in [5.74, 6) is 0.682. The van der Waals surface area contributed by atoms with Crippen LogP contribution in [0.2, 0.25) is 0 Å². The lowest BCUT2D eigenvalue weighted by molar-refractivity contribution is -0.273. The molecule has 0 atom stereocenters. The van der Waals surface area contributed by atoms with Crippen molar-refractivity contribution in [3.8, 4) is 11.4 Å². The molecule has 3 heterocycles. The van der Waals surface area contributed by atoms with E-state index in [0.717, 1.165) is 0 Å². The quantitative estimate of drug-likeness (QED) is 0.935. The van der Waals surface area contributed by atoms with E-state index in [-0.39, 0.29) is 32.5 Å². The predicted molar refractivity (Wildman–Crippen MR) is 67.5 cm³/mol. The van der Waals surface area contributed by atoms with Crippen molar-refractivity contribution in [3.63, 3.8) is 0 Å². The van der Waals surface area contributed by atoms with Crippen molar-refractivity contribution < 1.29 is 27.2 Å². The fraction of sp³-hybridized carbons (Fsp3) is 0.538. The maximum atomic E-state index is 12.7. The van der Waals surface area contributed by atoms with Gasteiger partial charge in [-0.2, -0.15) is 18.2 Å². The highest BCUT2D eigenvalue weighted by molar-refractivity contribution is 5.51. The van der Waals surface area contributed by atoms with Crippen LogP contribution in [-0.2, 0) is 6.54 Å². The van der Waals surface area contributed by atoms with E-state index in [1.807, 2.05) is 0 Å². The molecular weight excluding hydrogens is 303 g/mol. The Labute approximate surface area is 123 Å². The van der Waals surface area contributed by atoms with Gasteiger partial charge >= 0.3 is 6.18 Å². The minimum absolute atomic E-state index is 0.111. The summed E-state index contributed by atoms with van der Waals surface area (Å²) in [6.45, 7) is 0.470. The van der Waals surface area contributed by atoms with Gasteiger partial charge in [0.15, 0.2) is 5.60 Å². The fourth-order valence-electron chi connectivity index (χ4n) is 2.38. The van der Waals surface area contributed by atoms with E-state index in [0.29, 0.717) is 17.3 Å². The average Bonchev–Trinajstić information content (AvgIpc) is 3.11. The molecule has 2 aromatic rings. The summed E-state index contributed by atoms with van der Waals surface area (Å²) in [7, 11) is 0. The Hall–Kier alpha value is -1.87. The van der Waals surface area contributed by atoms with E-state index >= 15 is 0 Å². The maximum Gasteiger partial charge on any atom is 0.417 e. The number of alkyl halides is 3. The van der Waals surface area contributed by atoms with Gasteiger partial charge in [-0.1, -0.05) is 5.16 Å². The number of nitrogens with zero attached hydrogens (tertiary/aromatic N) is 3. The summed E-state index contributed by atoms with van der Waals surface area (Å²) in [4.78, 5) is 5.91. The molecule has 1 aliphatic heterocycles. The number of piperidine rings is 1. The molecule has 0 amide bonds. The zero-order valence-corrected chi connectivity index (χ0v) is 11.5. The molecule has 22 heavy (non-hydrogen) atoms. The molecule has 0 spiro atoms. The number of hydrogen-bond acceptors (Lipinski definition) is 6. The number of hydrogen-bond donors (Lipinski definition) is 1. The second kappa shape index (κ2) is 5.40. The number of halogens is 3. The minimum atomic E-state index is -4.60. The summed E-state index contributed by atoms with van der Waals surface area (Å²) in [6, 6.07) is 1.68. The van der Waals surface area contributed by atoms with Crippen LogP contribution in [-0.4, -0.2) is 45.0 Å². The molecule has 0 bridgehead atoms. The SMILES string of the molecule is OC1(C(F)(F)F)CCN(Cc2nc(-c3ccoc3)no2)CC1. The Balaban J connectivity index is 1.60. The van der Waals surface area contributed by atoms with Crippen molar-refractivity contribution in [1.82, 2.24) is 15.0 Å². The number of aromatic nitrogens is 2. The van der Waals surface area contributed by atoms with Crippen LogP contribution in [0, 0.1) is 0 Å². The van der Waals surface area contributed by atoms with Gasteiger partial charge in [0.2, 0.25) is 11.7 Å². The van der Waals surface area contributed by atoms with E-state index in [9.17, 15) is 18.3 Å². The largest absolute Gasteiger partial charge is 0.472 e. The van der Waals surface area contributed by atoms with Gasteiger partial charge in [-0.3, -0.25) is 4.90 Å². The maximum absolute atomic E-state index is 12.7. The third-order valence-corrected chi connectivity index (χ3v) is 3.82. The third kappa shape index (κ3) is 2.86. The first-order valence-electron chi connectivity index (χ1n) is 6.74. The van der Waals surface area contributed by atoms with E-state index in [4.69, 9.17) is 8.94 Å². The lowest BCUT2D eigenvalue weighted by Gasteiger charge is -2.38. The van der Waals surface area contributed by atoms with E-state index in [2.05, 4.69) is 10.1 Å². The van der Waals surface area contributed by atoms with Crippen molar-refractivity contribution >= 4 is 0 Å². The highest BCUT2D eigenvalue weighted by Crippen LogP contribution is 2.38. The number of aliphatic hydroxyl groups is 1. The molecule has 3 rings (SSSR count). The highest BCUT2D eigenvalue weighted by atomic mass is 19.4. The van der Waals surface area contributed by atoms with Crippen LogP contribution < -0.4 is 0 Å². The predicted octanol–water partition coefficient (Wildman–Crippen LogP) is 2.22. The molecule has 1 fully saturated rings. The summed E-state index contributed by atoms with van der Waals surface area (Å²) < 4.78 is 48.2. The van der Waals surface area contributed by atoms with Crippen LogP contribution in [0.5, 0.6) is 0 Å². The van der Waals surface area contributed by atoms with Gasteiger partial charge in [0, 0.05) is 13.1 Å². The van der Waals surface area contributed by atoms with E-state index in [1.165, 1.54) is 12.5 Å². The first-order valence-corrected chi connectivity index (χ1v) is 6.74. The van der Waals surface area contributed by atoms with Crippen molar-refractivity contribution in [2.24, 2.45) is 0 Å². The van der Waals surface area contributed by atoms with E-state index in [1.54, 1.807) is 11.0 Å². The van der Waals surface area contributed by atoms with Crippen LogP contribution in [0.3, 0.4) is 0 Å². The number of likely N-dealkylation sites (tertiary alicyclic amines) is 1. The smallest absolute Gasteiger partial charge is 0.417 e. The van der Waals surface area contributed by atoms with Gasteiger partial charge in [0.25, 0.3) is 0 Å². The molecule has 2 aromatic heterocycles. The van der Waals surface area contributed by atoms with Gasteiger partial charge in [-0.15, -0.1) is 0 Å². The Morgan fingerprint density at radius 3 is 2.64 bits per heavy atom. The molecule has 9 heteroatoms. The summed E-state index contributed by atoms with van der Waals surface area (Å²) in [5, 5.41) is 13.4. The van der Waals surface area contributed by atoms with Crippen LogP contribution in [0.4, 0.5) is 13.2 Å². The molecule has 1 N–H and O–H groups in total. The molecule has 0 saturated carbocycles. The molecule has 0 aromatic carbocycles. The fourth-order valence-corrected chi connectivity index (χ4v) is 2.38. The molecule has 0 unspecified atom stereocenters. The third-order valence-electron chi connectivity index (χ3n) is 3.82. The van der Waals surface area contributed by atoms with Gasteiger partial charge < -0.3 is 14.0 Å². The second-order valence-electron chi connectivity index (χ2n) is 5.33. The van der Waals surface area contributed by atoms with Crippen LogP contribution in [0.25, 0.3) is 11.4 Å². The molecule has 0 radical (unpaired) electrons. The Morgan fingerprint density at radius 1 is 1.32 bits per heavy atom. The second-order valence-corrected chi connectivity index (χ2v) is 5.33. The summed E-state index contributed by atoms with van der Waals surface area (Å²) >= 11 is 0. The molecule has 1 aliphatic rings. The minimum Gasteiger partial charge on any atom is -0.472 e. The summed E-state index contributed by atoms with van der Waals surface area (Å²) in [6.07, 6.45) is -2.37. The average molecular weight is 317 g/mol. The summed E-state index contributed by atoms with van der Waals surface area (Å²) in [5.41, 5.74) is -1.93. The topological polar surface area (TPSA) is 75.5 Å². The van der Waals surface area contributed by atoms with Gasteiger partial charge in [0.1, 0.15) is 6.26 Å². The molecule has 120 valence electrons. The van der Waals surface area contributed by atoms with Crippen LogP contribution in [0.15, 0.2) is 27.5 Å². The molecule has 0 aliphatic carbocycles. The van der Waals surface area contributed by atoms with Gasteiger partial charge in [0.05, 0.1) is 18.4 Å². The van der Waals surface area contributed by atoms with Crippen molar-refractivity contribution in [3.05, 3.63) is 24.5 Å². The lowest BCUT2D eigenvalue weighted by Crippen LogP contribution is -2.53. The monoisotopic (exact) mass is 317 g/mol. The first-order chi connectivity index (χ1) is 10.4. The van der Waals surface area contributed by atoms with E-state index < -0.39 is 11.8 Å².